The quantitative estimate of drug-likeness (QED) is 0.587. The van der Waals surface area contributed by atoms with Crippen molar-refractivity contribution in [2.75, 3.05) is 5.32 Å². The van der Waals surface area contributed by atoms with Gasteiger partial charge in [-0.2, -0.15) is 14.8 Å². The molecule has 27 heavy (non-hydrogen) atoms. The van der Waals surface area contributed by atoms with Crippen LogP contribution in [-0.2, 0) is 11.3 Å². The number of rotatable bonds is 5. The molecule has 134 valence electrons. The van der Waals surface area contributed by atoms with Crippen molar-refractivity contribution in [1.82, 2.24) is 24.3 Å². The zero-order valence-corrected chi connectivity index (χ0v) is 14.3. The monoisotopic (exact) mass is 360 g/mol. The van der Waals surface area contributed by atoms with Crippen LogP contribution < -0.4 is 10.9 Å². The van der Waals surface area contributed by atoms with E-state index in [-0.39, 0.29) is 24.4 Å². The van der Waals surface area contributed by atoms with Crippen LogP contribution in [0.1, 0.15) is 6.42 Å². The van der Waals surface area contributed by atoms with E-state index in [2.05, 4.69) is 20.4 Å². The first kappa shape index (κ1) is 16.6. The van der Waals surface area contributed by atoms with Gasteiger partial charge < -0.3 is 0 Å². The molecular formula is C19H16N6O2. The smallest absolute Gasteiger partial charge is 0.261 e. The first-order valence-corrected chi connectivity index (χ1v) is 8.42. The molecule has 1 N–H and O–H groups in total. The summed E-state index contributed by atoms with van der Waals surface area (Å²) in [6.07, 6.45) is 2.95. The molecule has 0 radical (unpaired) electrons. The minimum atomic E-state index is -0.264. The number of benzene rings is 2. The second kappa shape index (κ2) is 7.20. The maximum atomic E-state index is 12.5. The second-order valence-corrected chi connectivity index (χ2v) is 5.89. The van der Waals surface area contributed by atoms with Crippen molar-refractivity contribution in [3.63, 3.8) is 0 Å². The molecule has 0 bridgehead atoms. The maximum Gasteiger partial charge on any atom is 0.261 e. The van der Waals surface area contributed by atoms with Gasteiger partial charge in [-0.15, -0.1) is 0 Å². The predicted octanol–water partition coefficient (Wildman–Crippen LogP) is 2.01. The summed E-state index contributed by atoms with van der Waals surface area (Å²) < 4.78 is 2.98. The number of hydrogen-bond donors (Lipinski definition) is 1. The van der Waals surface area contributed by atoms with Gasteiger partial charge in [0.1, 0.15) is 6.33 Å². The molecule has 0 saturated carbocycles. The lowest BCUT2D eigenvalue weighted by Crippen LogP contribution is -2.24. The summed E-state index contributed by atoms with van der Waals surface area (Å²) in [5.41, 5.74) is 1.26. The van der Waals surface area contributed by atoms with Crippen LogP contribution in [0, 0.1) is 0 Å². The fraction of sp³-hybridized carbons (Fsp3) is 0.105. The minimum Gasteiger partial charge on any atom is -0.298 e. The van der Waals surface area contributed by atoms with Gasteiger partial charge in [0, 0.05) is 13.0 Å². The Kier molecular flexibility index (Phi) is 4.44. The number of hydrogen-bond acceptors (Lipinski definition) is 5. The molecule has 2 aromatic carbocycles. The molecule has 8 nitrogen and oxygen atoms in total. The third-order valence-electron chi connectivity index (χ3n) is 4.11. The van der Waals surface area contributed by atoms with Gasteiger partial charge in [-0.05, 0) is 24.3 Å². The van der Waals surface area contributed by atoms with E-state index in [1.807, 2.05) is 36.4 Å². The summed E-state index contributed by atoms with van der Waals surface area (Å²) in [7, 11) is 0. The van der Waals surface area contributed by atoms with Gasteiger partial charge in [-0.1, -0.05) is 30.3 Å². The number of anilines is 1. The third kappa shape index (κ3) is 3.45. The van der Waals surface area contributed by atoms with E-state index in [4.69, 9.17) is 0 Å². The number of para-hydroxylation sites is 2. The van der Waals surface area contributed by atoms with Crippen LogP contribution >= 0.6 is 0 Å². The lowest BCUT2D eigenvalue weighted by molar-refractivity contribution is -0.116. The van der Waals surface area contributed by atoms with Crippen molar-refractivity contribution in [3.05, 3.63) is 77.6 Å². The van der Waals surface area contributed by atoms with Gasteiger partial charge in [0.25, 0.3) is 5.56 Å². The van der Waals surface area contributed by atoms with Crippen LogP contribution in [0.3, 0.4) is 0 Å². The Labute approximate surface area is 154 Å². The van der Waals surface area contributed by atoms with Gasteiger partial charge in [-0.25, -0.2) is 4.98 Å². The third-order valence-corrected chi connectivity index (χ3v) is 4.11. The molecule has 8 heteroatoms. The minimum absolute atomic E-state index is 0.113. The van der Waals surface area contributed by atoms with Gasteiger partial charge in [0.05, 0.1) is 22.9 Å². The van der Waals surface area contributed by atoms with Crippen molar-refractivity contribution < 1.29 is 4.79 Å². The number of nitrogens with zero attached hydrogens (tertiary/aromatic N) is 5. The standard InChI is InChI=1S/C19H16N6O2/c26-17(23-19-20-12-22-25(19)14-6-2-1-3-7-14)10-11-24-13-21-16-9-5-4-8-15(16)18(24)27/h1-9,12-13H,10-11H2,(H,20,22,23,26). The molecule has 4 aromatic rings. The topological polar surface area (TPSA) is 94.7 Å². The predicted molar refractivity (Wildman–Crippen MR) is 101 cm³/mol. The van der Waals surface area contributed by atoms with Gasteiger partial charge in [-0.3, -0.25) is 19.5 Å². The van der Waals surface area contributed by atoms with Crippen molar-refractivity contribution in [2.24, 2.45) is 0 Å². The summed E-state index contributed by atoms with van der Waals surface area (Å²) in [4.78, 5) is 33.1. The van der Waals surface area contributed by atoms with E-state index >= 15 is 0 Å². The van der Waals surface area contributed by atoms with Crippen LogP contribution in [-0.4, -0.2) is 30.2 Å². The summed E-state index contributed by atoms with van der Waals surface area (Å²) in [5.74, 6) is 0.0652. The van der Waals surface area contributed by atoms with Crippen molar-refractivity contribution in [1.29, 1.82) is 0 Å². The Morgan fingerprint density at radius 3 is 2.63 bits per heavy atom. The Bertz CT molecular complexity index is 1150. The number of fused-ring (bicyclic) bond motifs is 1. The number of carbonyl (C=O) groups is 1. The van der Waals surface area contributed by atoms with Crippen LogP contribution in [0.15, 0.2) is 72.0 Å². The van der Waals surface area contributed by atoms with E-state index in [0.717, 1.165) is 5.69 Å². The molecule has 0 aliphatic carbocycles. The zero-order chi connectivity index (χ0) is 18.6. The summed E-state index contributed by atoms with van der Waals surface area (Å²) in [5, 5.41) is 7.39. The molecule has 0 aliphatic heterocycles. The number of aryl methyl sites for hydroxylation is 1. The summed E-state index contributed by atoms with van der Waals surface area (Å²) >= 11 is 0. The Balaban J connectivity index is 1.47. The van der Waals surface area contributed by atoms with Crippen LogP contribution in [0.4, 0.5) is 5.95 Å². The van der Waals surface area contributed by atoms with Crippen molar-refractivity contribution >= 4 is 22.8 Å². The van der Waals surface area contributed by atoms with Crippen LogP contribution in [0.5, 0.6) is 0 Å². The highest BCUT2D eigenvalue weighted by Gasteiger charge is 2.11. The maximum absolute atomic E-state index is 12.5. The SMILES string of the molecule is O=C(CCn1cnc2ccccc2c1=O)Nc1ncnn1-c1ccccc1. The Hall–Kier alpha value is -3.81. The summed E-state index contributed by atoms with van der Waals surface area (Å²) in [6.45, 7) is 0.224. The van der Waals surface area contributed by atoms with E-state index in [0.29, 0.717) is 16.9 Å². The van der Waals surface area contributed by atoms with Gasteiger partial charge in [0.2, 0.25) is 11.9 Å². The lowest BCUT2D eigenvalue weighted by Gasteiger charge is -2.08. The highest BCUT2D eigenvalue weighted by atomic mass is 16.2. The summed E-state index contributed by atoms with van der Waals surface area (Å²) in [6, 6.07) is 16.5. The number of nitrogens with one attached hydrogen (secondary N) is 1. The van der Waals surface area contributed by atoms with E-state index in [1.54, 1.807) is 22.9 Å². The molecule has 0 saturated heterocycles. The second-order valence-electron chi connectivity index (χ2n) is 5.89. The average Bonchev–Trinajstić information content (AvgIpc) is 3.16. The fourth-order valence-corrected chi connectivity index (χ4v) is 2.76. The normalized spacial score (nSPS) is 10.8. The van der Waals surface area contributed by atoms with Crippen molar-refractivity contribution in [3.8, 4) is 5.69 Å². The molecule has 4 rings (SSSR count). The largest absolute Gasteiger partial charge is 0.298 e. The van der Waals surface area contributed by atoms with Gasteiger partial charge >= 0.3 is 0 Å². The number of amides is 1. The first-order valence-electron chi connectivity index (χ1n) is 8.42. The highest BCUT2D eigenvalue weighted by Crippen LogP contribution is 2.12. The number of carbonyl (C=O) groups excluding carboxylic acids is 1. The molecule has 0 fully saturated rings. The van der Waals surface area contributed by atoms with Gasteiger partial charge in [0.15, 0.2) is 0 Å². The Morgan fingerprint density at radius 2 is 1.78 bits per heavy atom. The fourth-order valence-electron chi connectivity index (χ4n) is 2.76. The molecule has 0 aliphatic rings. The molecule has 2 aromatic heterocycles. The zero-order valence-electron chi connectivity index (χ0n) is 14.3. The lowest BCUT2D eigenvalue weighted by atomic mass is 10.2. The molecule has 0 unspecified atom stereocenters. The van der Waals surface area contributed by atoms with Crippen LogP contribution in [0.2, 0.25) is 0 Å². The van der Waals surface area contributed by atoms with E-state index < -0.39 is 0 Å². The van der Waals surface area contributed by atoms with E-state index in [9.17, 15) is 9.59 Å². The van der Waals surface area contributed by atoms with Crippen molar-refractivity contribution in [2.45, 2.75) is 13.0 Å². The molecule has 0 spiro atoms. The average molecular weight is 360 g/mol. The highest BCUT2D eigenvalue weighted by molar-refractivity contribution is 5.89. The molecule has 2 heterocycles. The van der Waals surface area contributed by atoms with Crippen LogP contribution in [0.25, 0.3) is 16.6 Å². The molecule has 0 atom stereocenters. The van der Waals surface area contributed by atoms with E-state index in [1.165, 1.54) is 17.2 Å². The molecular weight excluding hydrogens is 344 g/mol. The number of aromatic nitrogens is 5. The first-order chi connectivity index (χ1) is 13.2. The molecule has 1 amide bonds. The Morgan fingerprint density at radius 1 is 1.00 bits per heavy atom.